The number of hydrogen-bond acceptors (Lipinski definition) is 26. The first-order chi connectivity index (χ1) is 52.3. The molecule has 4 rings (SSSR count). The summed E-state index contributed by atoms with van der Waals surface area (Å²) in [6.07, 6.45) is -1.74. The zero-order chi connectivity index (χ0) is 82.8. The van der Waals surface area contributed by atoms with Crippen molar-refractivity contribution in [3.8, 4) is 11.5 Å². The number of aliphatic hydroxyl groups is 3. The average Bonchev–Trinajstić information content (AvgIpc) is 1.77. The number of amides is 13. The van der Waals surface area contributed by atoms with Crippen LogP contribution < -0.4 is 81.0 Å². The van der Waals surface area contributed by atoms with Crippen LogP contribution in [0.1, 0.15) is 69.2 Å². The number of carboxylic acid groups (broad SMARTS) is 2. The van der Waals surface area contributed by atoms with Gasteiger partial charge in [0.1, 0.15) is 71.9 Å². The lowest BCUT2D eigenvalue weighted by Gasteiger charge is -2.29. The molecule has 3 aromatic rings. The van der Waals surface area contributed by atoms with Crippen LogP contribution in [0.25, 0.3) is 0 Å². The van der Waals surface area contributed by atoms with E-state index in [2.05, 4.69) is 83.3 Å². The quantitative estimate of drug-likeness (QED) is 0.0108. The number of carbonyl (C=O) groups is 15. The maximum absolute atomic E-state index is 14.2. The number of aliphatic imine (C=N–C) groups is 1. The standard InChI is InChI=1S/C64H94N19O26PS/c1-31(85)51(61(102)82-52(32(2)86)60(101)77-41(21-34-10-14-37(88)15-11-34)55(96)76-40(63(104)105)6-4-17-69-64(66)67)81-49(91)27-72-59(100)46-7-5-18-83(46)62(103)43(23-50(92)93)78-57(98)44(28-84)79-54(95)39(16-19-111-3)75-58(99)45(29-109-110(106,107)108)80-56(97)42(22-35-24-68-30-73-35)74-48(90)26-70-47(89)25-71-53(94)38(65)20-33-8-12-36(87)13-9-33/h8-15,24,30-32,38-46,51-52,84-88H,4-7,16-23,25-29,65H2,1-3H3,(H,68,73)(H,70,89)(H,71,94)(H,72,100)(H,74,90)(H,75,99)(H,76,96)(H,77,101)(H,78,98)(H,79,95)(H,80,97)(H,81,91)(H,82,102)(H,92,93)(H,104,105)(H4,66,67,69)(H2,106,107,108)/t31-,32-,38+,39+,40+,41+,42+,43+,44+,45+,46+,51+,52+/m1/s1. The van der Waals surface area contributed by atoms with Crippen LogP contribution in [-0.2, 0) is 100 Å². The second-order valence-corrected chi connectivity index (χ2v) is 27.4. The molecule has 0 radical (unpaired) electrons. The van der Waals surface area contributed by atoms with Crippen LogP contribution in [0.5, 0.6) is 11.5 Å². The summed E-state index contributed by atoms with van der Waals surface area (Å²) in [5, 5.41) is 97.8. The Morgan fingerprint density at radius 3 is 1.68 bits per heavy atom. The van der Waals surface area contributed by atoms with E-state index in [1.54, 1.807) is 6.26 Å². The number of carboxylic acids is 2. The predicted octanol–water partition coefficient (Wildman–Crippen LogP) is -9.89. The molecule has 13 amide bonds. The lowest BCUT2D eigenvalue weighted by Crippen LogP contribution is -2.62. The predicted molar refractivity (Wildman–Crippen MR) is 386 cm³/mol. The molecule has 47 heteroatoms. The molecule has 111 heavy (non-hydrogen) atoms. The Balaban J connectivity index is 1.42. The fraction of sp³-hybridized carbons (Fsp3) is 0.516. The third-order valence-corrected chi connectivity index (χ3v) is 17.4. The second-order valence-electron chi connectivity index (χ2n) is 25.2. The highest BCUT2D eigenvalue weighted by atomic mass is 32.2. The zero-order valence-electron chi connectivity index (χ0n) is 60.2. The van der Waals surface area contributed by atoms with Crippen LogP contribution in [0.15, 0.2) is 66.0 Å². The number of aliphatic carboxylic acids is 2. The number of imidazole rings is 1. The van der Waals surface area contributed by atoms with Gasteiger partial charge in [0.05, 0.1) is 63.8 Å². The van der Waals surface area contributed by atoms with Gasteiger partial charge >= 0.3 is 19.8 Å². The highest BCUT2D eigenvalue weighted by Gasteiger charge is 2.41. The summed E-state index contributed by atoms with van der Waals surface area (Å²) < 4.78 is 16.5. The van der Waals surface area contributed by atoms with Gasteiger partial charge in [-0.3, -0.25) is 76.6 Å². The fourth-order valence-corrected chi connectivity index (χ4v) is 11.4. The number of thioether (sulfide) groups is 1. The van der Waals surface area contributed by atoms with Crippen molar-refractivity contribution in [2.45, 2.75) is 150 Å². The van der Waals surface area contributed by atoms with Crippen LogP contribution >= 0.6 is 19.6 Å². The summed E-state index contributed by atoms with van der Waals surface area (Å²) in [5.41, 5.74) is 17.8. The molecule has 0 unspecified atom stereocenters. The average molecular weight is 1610 g/mol. The number of likely N-dealkylation sites (tertiary alicyclic amines) is 1. The number of rotatable bonds is 47. The molecule has 0 saturated carbocycles. The van der Waals surface area contributed by atoms with E-state index in [9.17, 15) is 122 Å². The lowest BCUT2D eigenvalue weighted by atomic mass is 10.0. The molecule has 1 saturated heterocycles. The van der Waals surface area contributed by atoms with E-state index in [1.165, 1.54) is 61.1 Å². The first kappa shape index (κ1) is 92.3. The number of phosphoric acid groups is 1. The topological polar surface area (TPSA) is 731 Å². The SMILES string of the molecule is CSCC[C@H](NC(=O)[C@H](COP(=O)(O)O)NC(=O)[C@H](Cc1cnc[nH]1)NC(=O)CNC(=O)CNC(=O)[C@@H](N)Cc1ccc(O)cc1)C(=O)N[C@@H](CO)C(=O)N[C@@H](CC(=O)O)C(=O)N1CCC[C@H]1C(=O)NCC(=O)N[C@H](C(=O)N[C@H](C(=O)N[C@@H](Cc1ccc(O)cc1)C(=O)N[C@@H](CCCN=C(N)N)C(=O)O)[C@@H](C)O)[C@@H](C)O. The van der Waals surface area contributed by atoms with Crippen molar-refractivity contribution in [2.24, 2.45) is 22.2 Å². The highest BCUT2D eigenvalue weighted by Crippen LogP contribution is 2.35. The molecule has 45 nitrogen and oxygen atoms in total. The van der Waals surface area contributed by atoms with Crippen molar-refractivity contribution < 1.29 is 127 Å². The third-order valence-electron chi connectivity index (χ3n) is 16.3. The van der Waals surface area contributed by atoms with Crippen molar-refractivity contribution >= 4 is 114 Å². The molecule has 0 bridgehead atoms. The van der Waals surface area contributed by atoms with Gasteiger partial charge in [-0.1, -0.05) is 24.3 Å². The second kappa shape index (κ2) is 45.8. The molecule has 0 aliphatic carbocycles. The molecular formula is C64H94N19O26PS. The first-order valence-corrected chi connectivity index (χ1v) is 37.0. The molecular weight excluding hydrogens is 1510 g/mol. The number of aromatic amines is 1. The summed E-state index contributed by atoms with van der Waals surface area (Å²) in [5.74, 6) is -18.3. The van der Waals surface area contributed by atoms with Gasteiger partial charge < -0.3 is 136 Å². The molecule has 2 aromatic carbocycles. The Kier molecular flexibility index (Phi) is 38.0. The molecule has 13 atom stereocenters. The van der Waals surface area contributed by atoms with Gasteiger partial charge in [-0.25, -0.2) is 14.3 Å². The van der Waals surface area contributed by atoms with Gasteiger partial charge in [-0.05, 0) is 99.8 Å². The van der Waals surface area contributed by atoms with E-state index in [-0.39, 0.29) is 86.9 Å². The van der Waals surface area contributed by atoms with Crippen molar-refractivity contribution in [3.63, 3.8) is 0 Å². The number of H-pyrrole nitrogens is 1. The van der Waals surface area contributed by atoms with E-state index >= 15 is 0 Å². The Bertz CT molecular complexity index is 3800. The van der Waals surface area contributed by atoms with Gasteiger partial charge in [0.15, 0.2) is 5.96 Å². The Morgan fingerprint density at radius 1 is 0.622 bits per heavy atom. The molecule has 1 aromatic heterocycles. The maximum atomic E-state index is 14.2. The van der Waals surface area contributed by atoms with Crippen molar-refractivity contribution in [3.05, 3.63) is 77.9 Å². The van der Waals surface area contributed by atoms with E-state index in [0.29, 0.717) is 11.1 Å². The van der Waals surface area contributed by atoms with Gasteiger partial charge in [-0.15, -0.1) is 0 Å². The Labute approximate surface area is 636 Å². The summed E-state index contributed by atoms with van der Waals surface area (Å²) >= 11 is 1.13. The normalized spacial score (nSPS) is 15.8. The Hall–Kier alpha value is -11.1. The minimum absolute atomic E-state index is 0.00505. The number of aliphatic hydroxyl groups excluding tert-OH is 3. The van der Waals surface area contributed by atoms with Crippen molar-refractivity contribution in [2.75, 3.05) is 57.9 Å². The van der Waals surface area contributed by atoms with E-state index in [1.807, 2.05) is 0 Å². The number of phosphoric ester groups is 1. The monoisotopic (exact) mass is 1610 g/mol. The van der Waals surface area contributed by atoms with Crippen LogP contribution in [0, 0.1) is 0 Å². The van der Waals surface area contributed by atoms with Crippen molar-refractivity contribution in [1.82, 2.24) is 78.7 Å². The van der Waals surface area contributed by atoms with E-state index < -0.39 is 221 Å². The summed E-state index contributed by atoms with van der Waals surface area (Å²) in [4.78, 5) is 232. The van der Waals surface area contributed by atoms with Gasteiger partial charge in [-0.2, -0.15) is 11.8 Å². The highest BCUT2D eigenvalue weighted by molar-refractivity contribution is 7.98. The van der Waals surface area contributed by atoms with Crippen LogP contribution in [0.3, 0.4) is 0 Å². The zero-order valence-corrected chi connectivity index (χ0v) is 61.9. The lowest BCUT2D eigenvalue weighted by molar-refractivity contribution is -0.146. The van der Waals surface area contributed by atoms with Gasteiger partial charge in [0, 0.05) is 37.8 Å². The fourth-order valence-electron chi connectivity index (χ4n) is 10.5. The minimum atomic E-state index is -5.45. The number of hydrogen-bond donors (Lipinski definition) is 25. The number of nitrogens with zero attached hydrogens (tertiary/aromatic N) is 3. The number of phenols is 2. The van der Waals surface area contributed by atoms with Crippen LogP contribution in [-0.4, -0.2) is 292 Å². The number of nitrogens with two attached hydrogens (primary N) is 3. The van der Waals surface area contributed by atoms with E-state index in [4.69, 9.17) is 17.2 Å². The third kappa shape index (κ3) is 32.9. The Morgan fingerprint density at radius 2 is 1.13 bits per heavy atom. The molecule has 612 valence electrons. The molecule has 1 aliphatic heterocycles. The van der Waals surface area contributed by atoms with Gasteiger partial charge in [0.25, 0.3) is 0 Å². The number of aromatic hydroxyl groups is 2. The van der Waals surface area contributed by atoms with E-state index in [0.717, 1.165) is 30.5 Å². The number of carbonyl (C=O) groups excluding carboxylic acids is 13. The van der Waals surface area contributed by atoms with Gasteiger partial charge in [0.2, 0.25) is 76.8 Å². The molecule has 0 spiro atoms. The van der Waals surface area contributed by atoms with Crippen LogP contribution in [0.4, 0.5) is 0 Å². The number of nitrogens with one attached hydrogen (secondary N) is 13. The molecule has 2 heterocycles. The number of aromatic nitrogens is 2. The summed E-state index contributed by atoms with van der Waals surface area (Å²) in [6.45, 7) is -3.10. The molecule has 1 fully saturated rings. The number of guanidine groups is 1. The number of phenolic OH excluding ortho intramolecular Hbond substituents is 2. The van der Waals surface area contributed by atoms with Crippen molar-refractivity contribution in [1.29, 1.82) is 0 Å². The minimum Gasteiger partial charge on any atom is -0.508 e. The summed E-state index contributed by atoms with van der Waals surface area (Å²) in [6, 6.07) is -8.02. The maximum Gasteiger partial charge on any atom is 0.469 e. The first-order valence-electron chi connectivity index (χ1n) is 34.1. The molecule has 1 aliphatic rings. The summed E-state index contributed by atoms with van der Waals surface area (Å²) in [7, 11) is -5.45. The molecule has 28 N–H and O–H groups in total. The smallest absolute Gasteiger partial charge is 0.469 e. The number of benzene rings is 2. The van der Waals surface area contributed by atoms with Crippen LogP contribution in [0.2, 0.25) is 0 Å². The largest absolute Gasteiger partial charge is 0.508 e.